The number of furan rings is 2. The van der Waals surface area contributed by atoms with Gasteiger partial charge < -0.3 is 8.83 Å². The lowest BCUT2D eigenvalue weighted by atomic mass is 10.5. The third-order valence-corrected chi connectivity index (χ3v) is 1.69. The highest BCUT2D eigenvalue weighted by atomic mass is 16.3. The van der Waals surface area contributed by atoms with Crippen LogP contribution in [0.5, 0.6) is 0 Å². The van der Waals surface area contributed by atoms with Crippen LogP contribution in [-0.2, 0) is 0 Å². The molecule has 4 heteroatoms. The molecule has 12 heavy (non-hydrogen) atoms. The van der Waals surface area contributed by atoms with E-state index in [2.05, 4.69) is 9.97 Å². The van der Waals surface area contributed by atoms with Gasteiger partial charge >= 0.3 is 0 Å². The van der Waals surface area contributed by atoms with Crippen molar-refractivity contribution in [2.45, 2.75) is 0 Å². The molecule has 3 aromatic heterocycles. The van der Waals surface area contributed by atoms with Crippen LogP contribution < -0.4 is 0 Å². The molecule has 0 saturated heterocycles. The van der Waals surface area contributed by atoms with E-state index in [-0.39, 0.29) is 0 Å². The average molecular weight is 160 g/mol. The molecule has 58 valence electrons. The lowest BCUT2D eigenvalue weighted by Gasteiger charge is -1.86. The topological polar surface area (TPSA) is 52.1 Å². The van der Waals surface area contributed by atoms with Crippen molar-refractivity contribution in [3.05, 3.63) is 24.7 Å². The van der Waals surface area contributed by atoms with Crippen LogP contribution in [0.25, 0.3) is 22.5 Å². The summed E-state index contributed by atoms with van der Waals surface area (Å²) in [5.41, 5.74) is 2.53. The Kier molecular flexibility index (Phi) is 0.889. The first-order chi connectivity index (χ1) is 5.93. The van der Waals surface area contributed by atoms with Crippen LogP contribution in [0.2, 0.25) is 0 Å². The molecule has 3 rings (SSSR count). The van der Waals surface area contributed by atoms with Gasteiger partial charge in [-0.05, 0) is 0 Å². The zero-order chi connectivity index (χ0) is 7.97. The monoisotopic (exact) mass is 160 g/mol. The zero-order valence-electron chi connectivity index (χ0n) is 6.02. The second-order valence-electron chi connectivity index (χ2n) is 2.45. The van der Waals surface area contributed by atoms with Crippen molar-refractivity contribution in [2.24, 2.45) is 0 Å². The van der Waals surface area contributed by atoms with Crippen molar-refractivity contribution in [1.82, 2.24) is 9.97 Å². The fraction of sp³-hybridized carbons (Fsp3) is 0. The Morgan fingerprint density at radius 2 is 1.33 bits per heavy atom. The van der Waals surface area contributed by atoms with E-state index >= 15 is 0 Å². The van der Waals surface area contributed by atoms with Crippen molar-refractivity contribution in [2.75, 3.05) is 0 Å². The van der Waals surface area contributed by atoms with Crippen LogP contribution in [0.4, 0.5) is 0 Å². The quantitative estimate of drug-likeness (QED) is 0.504. The van der Waals surface area contributed by atoms with Crippen LogP contribution in [0.15, 0.2) is 33.5 Å². The summed E-state index contributed by atoms with van der Waals surface area (Å²) in [5.74, 6) is 0. The van der Waals surface area contributed by atoms with Gasteiger partial charge in [0.1, 0.15) is 11.0 Å². The highest BCUT2D eigenvalue weighted by molar-refractivity contribution is 5.79. The molecule has 0 fully saturated rings. The van der Waals surface area contributed by atoms with Gasteiger partial charge in [-0.25, -0.2) is 9.97 Å². The van der Waals surface area contributed by atoms with Crippen molar-refractivity contribution in [1.29, 1.82) is 0 Å². The molecule has 0 spiro atoms. The predicted octanol–water partition coefficient (Wildman–Crippen LogP) is 1.97. The third kappa shape index (κ3) is 0.611. The summed E-state index contributed by atoms with van der Waals surface area (Å²) < 4.78 is 10.2. The van der Waals surface area contributed by atoms with Crippen molar-refractivity contribution >= 4 is 22.5 Å². The first-order valence-electron chi connectivity index (χ1n) is 3.52. The van der Waals surface area contributed by atoms with Gasteiger partial charge in [0, 0.05) is 12.1 Å². The smallest absolute Gasteiger partial charge is 0.245 e. The van der Waals surface area contributed by atoms with E-state index in [9.17, 15) is 0 Å². The van der Waals surface area contributed by atoms with E-state index in [0.717, 1.165) is 11.0 Å². The summed E-state index contributed by atoms with van der Waals surface area (Å²) in [7, 11) is 0. The molecule has 0 atom stereocenters. The van der Waals surface area contributed by atoms with Crippen LogP contribution >= 0.6 is 0 Å². The second kappa shape index (κ2) is 1.85. The molecule has 0 saturated carbocycles. The summed E-state index contributed by atoms with van der Waals surface area (Å²) in [5, 5.41) is 0. The van der Waals surface area contributed by atoms with E-state index < -0.39 is 0 Å². The molecule has 0 aliphatic carbocycles. The fourth-order valence-corrected chi connectivity index (χ4v) is 1.15. The van der Waals surface area contributed by atoms with Gasteiger partial charge in [0.05, 0.1) is 12.5 Å². The normalized spacial score (nSPS) is 11.3. The summed E-state index contributed by atoms with van der Waals surface area (Å²) in [6.45, 7) is 0. The molecule has 0 aromatic carbocycles. The third-order valence-electron chi connectivity index (χ3n) is 1.69. The maximum absolute atomic E-state index is 5.08. The van der Waals surface area contributed by atoms with Crippen LogP contribution in [0, 0.1) is 0 Å². The summed E-state index contributed by atoms with van der Waals surface area (Å²) in [4.78, 5) is 8.35. The van der Waals surface area contributed by atoms with Crippen LogP contribution in [0.1, 0.15) is 0 Å². The molecule has 4 nitrogen and oxygen atoms in total. The lowest BCUT2D eigenvalue weighted by Crippen LogP contribution is -1.78. The number of nitrogens with zero attached hydrogens (tertiary/aromatic N) is 2. The number of hydrogen-bond donors (Lipinski definition) is 0. The Morgan fingerprint density at radius 3 is 1.83 bits per heavy atom. The van der Waals surface area contributed by atoms with Crippen LogP contribution in [-0.4, -0.2) is 9.97 Å². The minimum absolute atomic E-state index is 0.545. The van der Waals surface area contributed by atoms with Gasteiger partial charge in [0.15, 0.2) is 0 Å². The second-order valence-corrected chi connectivity index (χ2v) is 2.45. The van der Waals surface area contributed by atoms with Crippen molar-refractivity contribution < 1.29 is 8.83 Å². The molecule has 0 bridgehead atoms. The molecule has 0 amide bonds. The first-order valence-corrected chi connectivity index (χ1v) is 3.52. The maximum atomic E-state index is 5.08. The molecule has 0 aliphatic heterocycles. The standard InChI is InChI=1S/C8H4N2O2/c1-3-11-7-5(1)9-8-6(10-7)2-4-12-8/h1-4H. The molecule has 0 radical (unpaired) electrons. The number of rotatable bonds is 0. The van der Waals surface area contributed by atoms with Crippen molar-refractivity contribution in [3.8, 4) is 0 Å². The van der Waals surface area contributed by atoms with Gasteiger partial charge in [-0.1, -0.05) is 0 Å². The van der Waals surface area contributed by atoms with Gasteiger partial charge in [-0.2, -0.15) is 0 Å². The van der Waals surface area contributed by atoms with E-state index in [0.29, 0.717) is 11.4 Å². The van der Waals surface area contributed by atoms with Gasteiger partial charge in [-0.15, -0.1) is 0 Å². The molecule has 0 unspecified atom stereocenters. The summed E-state index contributed by atoms with van der Waals surface area (Å²) >= 11 is 0. The highest BCUT2D eigenvalue weighted by Crippen LogP contribution is 2.16. The lowest BCUT2D eigenvalue weighted by molar-refractivity contribution is 0.596. The molecular weight excluding hydrogens is 156 g/mol. The average Bonchev–Trinajstić information content (AvgIpc) is 2.64. The first kappa shape index (κ1) is 5.77. The molecule has 3 aromatic rings. The Morgan fingerprint density at radius 1 is 0.833 bits per heavy atom. The summed E-state index contributed by atoms with van der Waals surface area (Å²) in [6, 6.07) is 3.51. The van der Waals surface area contributed by atoms with Gasteiger partial charge in [0.25, 0.3) is 0 Å². The minimum atomic E-state index is 0.545. The van der Waals surface area contributed by atoms with Gasteiger partial charge in [-0.3, -0.25) is 0 Å². The van der Waals surface area contributed by atoms with Gasteiger partial charge in [0.2, 0.25) is 11.4 Å². The van der Waals surface area contributed by atoms with E-state index in [1.807, 2.05) is 0 Å². The van der Waals surface area contributed by atoms with E-state index in [4.69, 9.17) is 8.83 Å². The molecule has 3 heterocycles. The number of aromatic nitrogens is 2. The maximum Gasteiger partial charge on any atom is 0.245 e. The zero-order valence-corrected chi connectivity index (χ0v) is 6.02. The minimum Gasteiger partial charge on any atom is -0.445 e. The SMILES string of the molecule is c1cc2nc3occc3nc2o1. The Hall–Kier alpha value is -1.84. The number of hydrogen-bond acceptors (Lipinski definition) is 4. The fourth-order valence-electron chi connectivity index (χ4n) is 1.15. The Balaban J connectivity index is 2.62. The Bertz CT molecular complexity index is 447. The summed E-state index contributed by atoms with van der Waals surface area (Å²) in [6.07, 6.45) is 3.12. The molecular formula is C8H4N2O2. The number of fused-ring (bicyclic) bond motifs is 2. The Labute approximate surface area is 66.8 Å². The predicted molar refractivity (Wildman–Crippen MR) is 41.6 cm³/mol. The largest absolute Gasteiger partial charge is 0.445 e. The van der Waals surface area contributed by atoms with E-state index in [1.54, 1.807) is 24.7 Å². The van der Waals surface area contributed by atoms with Crippen LogP contribution in [0.3, 0.4) is 0 Å². The van der Waals surface area contributed by atoms with E-state index in [1.165, 1.54) is 0 Å². The van der Waals surface area contributed by atoms with Crippen molar-refractivity contribution in [3.63, 3.8) is 0 Å². The molecule has 0 N–H and O–H groups in total. The molecule has 0 aliphatic rings. The highest BCUT2D eigenvalue weighted by Gasteiger charge is 2.04.